The lowest BCUT2D eigenvalue weighted by Gasteiger charge is -1.99. The van der Waals surface area contributed by atoms with Gasteiger partial charge in [0.15, 0.2) is 0 Å². The lowest BCUT2D eigenvalue weighted by molar-refractivity contribution is 0.0601. The Hall–Kier alpha value is -2.96. The second-order valence-electron chi connectivity index (χ2n) is 4.31. The molecule has 3 aromatic rings. The van der Waals surface area contributed by atoms with Crippen molar-refractivity contribution >= 4 is 5.97 Å². The molecule has 0 bridgehead atoms. The minimum Gasteiger partial charge on any atom is -0.465 e. The normalized spacial score (nSPS) is 10.5. The van der Waals surface area contributed by atoms with Gasteiger partial charge in [-0.05, 0) is 24.3 Å². The molecule has 0 amide bonds. The quantitative estimate of drug-likeness (QED) is 0.679. The van der Waals surface area contributed by atoms with Gasteiger partial charge in [0.05, 0.1) is 25.4 Å². The van der Waals surface area contributed by atoms with E-state index in [1.54, 1.807) is 47.6 Å². The molecule has 1 aromatic carbocycles. The maximum Gasteiger partial charge on any atom is 0.337 e. The molecule has 2 heterocycles. The fraction of sp³-hybridized carbons (Fsp3) is 0.143. The zero-order chi connectivity index (χ0) is 14.7. The van der Waals surface area contributed by atoms with E-state index in [1.807, 2.05) is 0 Å². The number of ether oxygens (including phenoxy) is 1. The molecule has 0 saturated carbocycles. The van der Waals surface area contributed by atoms with Crippen LogP contribution in [0.3, 0.4) is 0 Å². The second kappa shape index (κ2) is 5.58. The van der Waals surface area contributed by atoms with Crippen molar-refractivity contribution in [3.8, 4) is 11.5 Å². The smallest absolute Gasteiger partial charge is 0.337 e. The zero-order valence-corrected chi connectivity index (χ0v) is 11.3. The lowest BCUT2D eigenvalue weighted by Crippen LogP contribution is -2.01. The van der Waals surface area contributed by atoms with E-state index in [4.69, 9.17) is 4.42 Å². The highest BCUT2D eigenvalue weighted by Crippen LogP contribution is 2.19. The van der Waals surface area contributed by atoms with E-state index in [-0.39, 0.29) is 5.97 Å². The van der Waals surface area contributed by atoms with E-state index < -0.39 is 0 Å². The van der Waals surface area contributed by atoms with E-state index in [9.17, 15) is 4.79 Å². The van der Waals surface area contributed by atoms with Crippen LogP contribution in [0.25, 0.3) is 11.5 Å². The van der Waals surface area contributed by atoms with Gasteiger partial charge in [-0.1, -0.05) is 5.21 Å². The standard InChI is InChI=1S/C14H12N4O3/c1-20-14(19)11-4-2-10(3-5-11)13-16-12(9-21-13)8-18-7-6-15-17-18/h2-7,9H,8H2,1H3. The summed E-state index contributed by atoms with van der Waals surface area (Å²) in [6.07, 6.45) is 4.93. The Labute approximate surface area is 120 Å². The maximum atomic E-state index is 11.4. The van der Waals surface area contributed by atoms with Gasteiger partial charge in [0.2, 0.25) is 5.89 Å². The average Bonchev–Trinajstić information content (AvgIpc) is 3.19. The molecular formula is C14H12N4O3. The van der Waals surface area contributed by atoms with Crippen LogP contribution in [0.15, 0.2) is 47.3 Å². The van der Waals surface area contributed by atoms with Crippen LogP contribution in [-0.4, -0.2) is 33.1 Å². The van der Waals surface area contributed by atoms with Gasteiger partial charge in [0.1, 0.15) is 12.0 Å². The Kier molecular flexibility index (Phi) is 3.46. The summed E-state index contributed by atoms with van der Waals surface area (Å²) in [5.41, 5.74) is 2.01. The minimum absolute atomic E-state index is 0.374. The number of carbonyl (C=O) groups excluding carboxylic acids is 1. The number of oxazole rings is 1. The van der Waals surface area contributed by atoms with Crippen LogP contribution in [-0.2, 0) is 11.3 Å². The molecule has 0 aliphatic heterocycles. The first-order chi connectivity index (χ1) is 10.3. The number of benzene rings is 1. The van der Waals surface area contributed by atoms with E-state index in [2.05, 4.69) is 20.0 Å². The molecule has 7 nitrogen and oxygen atoms in total. The lowest BCUT2D eigenvalue weighted by atomic mass is 10.1. The molecule has 21 heavy (non-hydrogen) atoms. The van der Waals surface area contributed by atoms with Crippen molar-refractivity contribution in [1.82, 2.24) is 20.0 Å². The predicted octanol–water partition coefficient (Wildman–Crippen LogP) is 1.77. The molecule has 0 unspecified atom stereocenters. The Morgan fingerprint density at radius 2 is 2.14 bits per heavy atom. The first kappa shape index (κ1) is 13.0. The summed E-state index contributed by atoms with van der Waals surface area (Å²) in [5.74, 6) is 0.113. The largest absolute Gasteiger partial charge is 0.465 e. The van der Waals surface area contributed by atoms with Gasteiger partial charge in [-0.25, -0.2) is 14.5 Å². The van der Waals surface area contributed by atoms with Gasteiger partial charge in [0.25, 0.3) is 0 Å². The van der Waals surface area contributed by atoms with Crippen LogP contribution in [0.4, 0.5) is 0 Å². The molecule has 0 saturated heterocycles. The fourth-order valence-corrected chi connectivity index (χ4v) is 1.86. The number of nitrogens with zero attached hydrogens (tertiary/aromatic N) is 4. The van der Waals surface area contributed by atoms with Crippen molar-refractivity contribution in [3.63, 3.8) is 0 Å². The highest BCUT2D eigenvalue weighted by molar-refractivity contribution is 5.89. The Bertz CT molecular complexity index is 732. The first-order valence-corrected chi connectivity index (χ1v) is 6.23. The van der Waals surface area contributed by atoms with Crippen LogP contribution < -0.4 is 0 Å². The summed E-state index contributed by atoms with van der Waals surface area (Å²) in [5, 5.41) is 7.60. The third kappa shape index (κ3) is 2.81. The molecule has 0 atom stereocenters. The molecule has 0 aliphatic carbocycles. The Morgan fingerprint density at radius 1 is 1.33 bits per heavy atom. The SMILES string of the molecule is COC(=O)c1ccc(-c2nc(Cn3ccnn3)co2)cc1. The van der Waals surface area contributed by atoms with Gasteiger partial charge in [-0.2, -0.15) is 0 Å². The van der Waals surface area contributed by atoms with Gasteiger partial charge in [-0.15, -0.1) is 5.10 Å². The van der Waals surface area contributed by atoms with Crippen molar-refractivity contribution in [2.75, 3.05) is 7.11 Å². The minimum atomic E-state index is -0.374. The Balaban J connectivity index is 1.78. The van der Waals surface area contributed by atoms with Crippen LogP contribution in [0, 0.1) is 0 Å². The number of hydrogen-bond acceptors (Lipinski definition) is 6. The molecule has 2 aromatic heterocycles. The van der Waals surface area contributed by atoms with Crippen molar-refractivity contribution < 1.29 is 13.9 Å². The number of carbonyl (C=O) groups is 1. The summed E-state index contributed by atoms with van der Waals surface area (Å²) < 4.78 is 11.7. The van der Waals surface area contributed by atoms with Gasteiger partial charge in [-0.3, -0.25) is 0 Å². The highest BCUT2D eigenvalue weighted by atomic mass is 16.5. The van der Waals surface area contributed by atoms with E-state index >= 15 is 0 Å². The van der Waals surface area contributed by atoms with Crippen molar-refractivity contribution in [2.24, 2.45) is 0 Å². The average molecular weight is 284 g/mol. The van der Waals surface area contributed by atoms with E-state index in [0.717, 1.165) is 11.3 Å². The van der Waals surface area contributed by atoms with Crippen molar-refractivity contribution in [1.29, 1.82) is 0 Å². The number of rotatable bonds is 4. The van der Waals surface area contributed by atoms with Gasteiger partial charge in [0, 0.05) is 11.8 Å². The van der Waals surface area contributed by atoms with Crippen LogP contribution in [0.1, 0.15) is 16.1 Å². The number of esters is 1. The molecule has 0 aliphatic rings. The van der Waals surface area contributed by atoms with E-state index in [0.29, 0.717) is 18.0 Å². The van der Waals surface area contributed by atoms with Crippen LogP contribution in [0.5, 0.6) is 0 Å². The summed E-state index contributed by atoms with van der Waals surface area (Å²) >= 11 is 0. The van der Waals surface area contributed by atoms with Gasteiger partial charge < -0.3 is 9.15 Å². The summed E-state index contributed by atoms with van der Waals surface area (Å²) in [6.45, 7) is 0.490. The topological polar surface area (TPSA) is 83.0 Å². The molecule has 0 radical (unpaired) electrons. The second-order valence-corrected chi connectivity index (χ2v) is 4.31. The Morgan fingerprint density at radius 3 is 2.81 bits per heavy atom. The summed E-state index contributed by atoms with van der Waals surface area (Å²) in [7, 11) is 1.35. The van der Waals surface area contributed by atoms with E-state index in [1.165, 1.54) is 7.11 Å². The zero-order valence-electron chi connectivity index (χ0n) is 11.3. The molecule has 3 rings (SSSR count). The van der Waals surface area contributed by atoms with Crippen molar-refractivity contribution in [3.05, 3.63) is 54.2 Å². The molecule has 0 N–H and O–H groups in total. The number of methoxy groups -OCH3 is 1. The highest BCUT2D eigenvalue weighted by Gasteiger charge is 2.09. The number of hydrogen-bond donors (Lipinski definition) is 0. The number of aromatic nitrogens is 4. The molecule has 0 fully saturated rings. The third-order valence-corrected chi connectivity index (χ3v) is 2.90. The third-order valence-electron chi connectivity index (χ3n) is 2.90. The maximum absolute atomic E-state index is 11.4. The predicted molar refractivity (Wildman–Crippen MR) is 72.4 cm³/mol. The first-order valence-electron chi connectivity index (χ1n) is 6.23. The summed E-state index contributed by atoms with van der Waals surface area (Å²) in [4.78, 5) is 15.7. The van der Waals surface area contributed by atoms with Crippen molar-refractivity contribution in [2.45, 2.75) is 6.54 Å². The molecular weight excluding hydrogens is 272 g/mol. The van der Waals surface area contributed by atoms with Crippen LogP contribution >= 0.6 is 0 Å². The molecule has 0 spiro atoms. The molecule has 7 heteroatoms. The summed E-state index contributed by atoms with van der Waals surface area (Å²) in [6, 6.07) is 6.86. The monoisotopic (exact) mass is 284 g/mol. The van der Waals surface area contributed by atoms with Crippen LogP contribution in [0.2, 0.25) is 0 Å². The fourth-order valence-electron chi connectivity index (χ4n) is 1.86. The molecule has 106 valence electrons. The van der Waals surface area contributed by atoms with Gasteiger partial charge >= 0.3 is 5.97 Å².